The molecule has 1 atom stereocenters. The van der Waals surface area contributed by atoms with Crippen LogP contribution in [0.25, 0.3) is 11.1 Å². The molecular weight excluding hydrogens is 258 g/mol. The molecule has 1 unspecified atom stereocenters. The van der Waals surface area contributed by atoms with E-state index in [0.717, 1.165) is 11.1 Å². The third kappa shape index (κ3) is 3.30. The number of hydrogen-bond donors (Lipinski definition) is 1. The Morgan fingerprint density at radius 1 is 0.941 bits per heavy atom. The second kappa shape index (κ2) is 5.31. The summed E-state index contributed by atoms with van der Waals surface area (Å²) in [5.41, 5.74) is 2.57. The fraction of sp³-hybridized carbons (Fsp3) is 0. The van der Waals surface area contributed by atoms with E-state index in [0.29, 0.717) is 10.7 Å². The molecule has 0 bridgehead atoms. The molecular formula is C12H9ClNO2S-. The van der Waals surface area contributed by atoms with Crippen LogP contribution in [-0.4, -0.2) is 8.76 Å². The summed E-state index contributed by atoms with van der Waals surface area (Å²) in [6.45, 7) is 0. The second-order valence-corrected chi connectivity index (χ2v) is 4.53. The Kier molecular flexibility index (Phi) is 3.78. The van der Waals surface area contributed by atoms with E-state index < -0.39 is 11.3 Å². The first kappa shape index (κ1) is 12.1. The Morgan fingerprint density at radius 2 is 1.41 bits per heavy atom. The normalized spacial score (nSPS) is 12.1. The molecule has 0 amide bonds. The molecule has 0 saturated heterocycles. The third-order valence-electron chi connectivity index (χ3n) is 2.26. The van der Waals surface area contributed by atoms with Gasteiger partial charge in [-0.3, -0.25) is 4.21 Å². The lowest BCUT2D eigenvalue weighted by molar-refractivity contribution is 0.542. The molecule has 2 rings (SSSR count). The molecule has 17 heavy (non-hydrogen) atoms. The van der Waals surface area contributed by atoms with E-state index in [9.17, 15) is 8.76 Å². The van der Waals surface area contributed by atoms with Crippen molar-refractivity contribution in [3.63, 3.8) is 0 Å². The number of halogens is 1. The standard InChI is InChI=1S/C12H10ClNO2S/c13-11-5-1-9(2-6-11)10-3-7-12(8-4-10)14-17(15)16/h1-8,14H,(H,15,16)/p-1. The van der Waals surface area contributed by atoms with Gasteiger partial charge in [0.25, 0.3) is 0 Å². The zero-order valence-corrected chi connectivity index (χ0v) is 10.3. The van der Waals surface area contributed by atoms with Crippen LogP contribution in [0.2, 0.25) is 5.02 Å². The summed E-state index contributed by atoms with van der Waals surface area (Å²) in [7, 11) is 0. The molecule has 88 valence electrons. The lowest BCUT2D eigenvalue weighted by atomic mass is 10.1. The van der Waals surface area contributed by atoms with Crippen molar-refractivity contribution in [3.8, 4) is 11.1 Å². The molecule has 1 N–H and O–H groups in total. The van der Waals surface area contributed by atoms with Gasteiger partial charge in [-0.25, -0.2) is 0 Å². The van der Waals surface area contributed by atoms with Gasteiger partial charge < -0.3 is 9.27 Å². The molecule has 0 radical (unpaired) electrons. The molecule has 0 aromatic heterocycles. The van der Waals surface area contributed by atoms with E-state index in [2.05, 4.69) is 4.72 Å². The van der Waals surface area contributed by atoms with Gasteiger partial charge in [0.15, 0.2) is 0 Å². The molecule has 0 aliphatic rings. The molecule has 0 aliphatic heterocycles. The lowest BCUT2D eigenvalue weighted by Crippen LogP contribution is -2.01. The minimum Gasteiger partial charge on any atom is -0.755 e. The van der Waals surface area contributed by atoms with Crippen LogP contribution in [0.3, 0.4) is 0 Å². The molecule has 0 fully saturated rings. The monoisotopic (exact) mass is 266 g/mol. The first-order valence-electron chi connectivity index (χ1n) is 4.87. The summed E-state index contributed by atoms with van der Waals surface area (Å²) in [4.78, 5) is 0. The quantitative estimate of drug-likeness (QED) is 0.868. The van der Waals surface area contributed by atoms with Crippen molar-refractivity contribution < 1.29 is 8.76 Å². The van der Waals surface area contributed by atoms with Gasteiger partial charge in [-0.2, -0.15) is 0 Å². The SMILES string of the molecule is O=S([O-])Nc1ccc(-c2ccc(Cl)cc2)cc1. The number of benzene rings is 2. The molecule has 0 spiro atoms. The topological polar surface area (TPSA) is 52.2 Å². The van der Waals surface area contributed by atoms with Crippen molar-refractivity contribution in [1.82, 2.24) is 0 Å². The molecule has 0 aliphatic carbocycles. The lowest BCUT2D eigenvalue weighted by Gasteiger charge is -2.09. The predicted molar refractivity (Wildman–Crippen MR) is 69.4 cm³/mol. The van der Waals surface area contributed by atoms with Crippen molar-refractivity contribution in [1.29, 1.82) is 0 Å². The van der Waals surface area contributed by atoms with Gasteiger partial charge in [0, 0.05) is 22.0 Å². The molecule has 0 saturated carbocycles. The maximum atomic E-state index is 10.4. The zero-order chi connectivity index (χ0) is 12.3. The van der Waals surface area contributed by atoms with Crippen molar-refractivity contribution in [2.24, 2.45) is 0 Å². The van der Waals surface area contributed by atoms with Crippen LogP contribution >= 0.6 is 11.6 Å². The molecule has 0 heterocycles. The number of rotatable bonds is 3. The highest BCUT2D eigenvalue weighted by molar-refractivity contribution is 7.80. The highest BCUT2D eigenvalue weighted by Gasteiger charge is 1.98. The van der Waals surface area contributed by atoms with E-state index in [4.69, 9.17) is 11.6 Å². The summed E-state index contributed by atoms with van der Waals surface area (Å²) in [5, 5.41) is 0.689. The number of hydrogen-bond acceptors (Lipinski definition) is 2. The second-order valence-electron chi connectivity index (χ2n) is 3.42. The van der Waals surface area contributed by atoms with E-state index in [1.54, 1.807) is 12.1 Å². The van der Waals surface area contributed by atoms with Gasteiger partial charge in [0.1, 0.15) is 0 Å². The van der Waals surface area contributed by atoms with Crippen LogP contribution in [0, 0.1) is 0 Å². The number of nitrogens with one attached hydrogen (secondary N) is 1. The summed E-state index contributed by atoms with van der Waals surface area (Å²) in [6.07, 6.45) is 0. The summed E-state index contributed by atoms with van der Waals surface area (Å²) in [6, 6.07) is 14.6. The highest BCUT2D eigenvalue weighted by atomic mass is 35.5. The zero-order valence-electron chi connectivity index (χ0n) is 8.72. The number of anilines is 1. The molecule has 2 aromatic rings. The Balaban J connectivity index is 2.23. The third-order valence-corrected chi connectivity index (χ3v) is 2.92. The van der Waals surface area contributed by atoms with Crippen LogP contribution in [0.1, 0.15) is 0 Å². The van der Waals surface area contributed by atoms with Gasteiger partial charge >= 0.3 is 0 Å². The van der Waals surface area contributed by atoms with E-state index >= 15 is 0 Å². The fourth-order valence-electron chi connectivity index (χ4n) is 1.47. The largest absolute Gasteiger partial charge is 0.755 e. The van der Waals surface area contributed by atoms with Gasteiger partial charge in [-0.15, -0.1) is 0 Å². The first-order chi connectivity index (χ1) is 8.15. The first-order valence-corrected chi connectivity index (χ1v) is 6.32. The van der Waals surface area contributed by atoms with Crippen LogP contribution in [0.4, 0.5) is 5.69 Å². The highest BCUT2D eigenvalue weighted by Crippen LogP contribution is 2.23. The Labute approximate surface area is 107 Å². The van der Waals surface area contributed by atoms with Crippen molar-refractivity contribution >= 4 is 28.6 Å². The van der Waals surface area contributed by atoms with E-state index in [-0.39, 0.29) is 0 Å². The minimum absolute atomic E-state index is 0.538. The molecule has 3 nitrogen and oxygen atoms in total. The van der Waals surface area contributed by atoms with Crippen LogP contribution in [-0.2, 0) is 11.3 Å². The van der Waals surface area contributed by atoms with E-state index in [1.807, 2.05) is 36.4 Å². The summed E-state index contributed by atoms with van der Waals surface area (Å²) < 4.78 is 23.2. The van der Waals surface area contributed by atoms with Gasteiger partial charge in [0.2, 0.25) is 0 Å². The van der Waals surface area contributed by atoms with Crippen LogP contribution < -0.4 is 4.72 Å². The smallest absolute Gasteiger partial charge is 0.0452 e. The van der Waals surface area contributed by atoms with Gasteiger partial charge in [-0.05, 0) is 35.4 Å². The Bertz CT molecular complexity index is 525. The summed E-state index contributed by atoms with van der Waals surface area (Å²) in [5.74, 6) is 0. The maximum absolute atomic E-state index is 10.4. The average Bonchev–Trinajstić information content (AvgIpc) is 2.30. The minimum atomic E-state index is -2.29. The van der Waals surface area contributed by atoms with Crippen molar-refractivity contribution in [2.75, 3.05) is 4.72 Å². The molecule has 2 aromatic carbocycles. The van der Waals surface area contributed by atoms with Gasteiger partial charge in [0.05, 0.1) is 0 Å². The summed E-state index contributed by atoms with van der Waals surface area (Å²) >= 11 is 3.51. The maximum Gasteiger partial charge on any atom is 0.0452 e. The Morgan fingerprint density at radius 3 is 1.88 bits per heavy atom. The van der Waals surface area contributed by atoms with Crippen LogP contribution in [0.5, 0.6) is 0 Å². The average molecular weight is 267 g/mol. The van der Waals surface area contributed by atoms with Crippen molar-refractivity contribution in [2.45, 2.75) is 0 Å². The predicted octanol–water partition coefficient (Wildman–Crippen LogP) is 3.21. The Hall–Kier alpha value is -1.36. The van der Waals surface area contributed by atoms with Crippen LogP contribution in [0.15, 0.2) is 48.5 Å². The fourth-order valence-corrected chi connectivity index (χ4v) is 1.92. The van der Waals surface area contributed by atoms with E-state index in [1.165, 1.54) is 0 Å². The van der Waals surface area contributed by atoms with Crippen molar-refractivity contribution in [3.05, 3.63) is 53.6 Å². The molecule has 5 heteroatoms. The van der Waals surface area contributed by atoms with Gasteiger partial charge in [-0.1, -0.05) is 35.9 Å².